The average Bonchev–Trinajstić information content (AvgIpc) is 2.23. The maximum atomic E-state index is 12.9. The smallest absolute Gasteiger partial charge is 0.236 e. The number of nitrogens with two attached hydrogens (primary N) is 1. The predicted molar refractivity (Wildman–Crippen MR) is 66.8 cm³/mol. The summed E-state index contributed by atoms with van der Waals surface area (Å²) in [6, 6.07) is 3.90. The molecule has 0 aliphatic heterocycles. The van der Waals surface area contributed by atoms with Gasteiger partial charge in [0.1, 0.15) is 5.82 Å². The third-order valence-corrected chi connectivity index (χ3v) is 4.51. The van der Waals surface area contributed by atoms with Crippen LogP contribution in [0.15, 0.2) is 18.2 Å². The van der Waals surface area contributed by atoms with Gasteiger partial charge < -0.3 is 5.73 Å². The SMILES string of the molecule is CCC(CN)S(=O)(=O)Nc1ccc(F)cc1C. The highest BCUT2D eigenvalue weighted by atomic mass is 32.2. The molecule has 0 saturated carbocycles. The topological polar surface area (TPSA) is 72.2 Å². The molecule has 1 rings (SSSR count). The predicted octanol–water partition coefficient (Wildman–Crippen LogP) is 1.61. The number of nitrogens with one attached hydrogen (secondary N) is 1. The van der Waals surface area contributed by atoms with Gasteiger partial charge >= 0.3 is 0 Å². The minimum atomic E-state index is -3.51. The summed E-state index contributed by atoms with van der Waals surface area (Å²) < 4.78 is 39.1. The summed E-state index contributed by atoms with van der Waals surface area (Å²) in [6.07, 6.45) is 0.437. The Labute approximate surface area is 101 Å². The molecule has 0 aliphatic carbocycles. The zero-order chi connectivity index (χ0) is 13.1. The number of benzene rings is 1. The van der Waals surface area contributed by atoms with E-state index in [0.29, 0.717) is 17.7 Å². The van der Waals surface area contributed by atoms with E-state index in [0.717, 1.165) is 0 Å². The monoisotopic (exact) mass is 260 g/mol. The van der Waals surface area contributed by atoms with Crippen LogP contribution in [0.3, 0.4) is 0 Å². The van der Waals surface area contributed by atoms with Crippen molar-refractivity contribution in [1.82, 2.24) is 0 Å². The highest BCUT2D eigenvalue weighted by Crippen LogP contribution is 2.19. The second-order valence-corrected chi connectivity index (χ2v) is 5.83. The van der Waals surface area contributed by atoms with Crippen molar-refractivity contribution in [3.8, 4) is 0 Å². The van der Waals surface area contributed by atoms with Gasteiger partial charge in [-0.3, -0.25) is 4.72 Å². The Hall–Kier alpha value is -1.14. The normalized spacial score (nSPS) is 13.4. The number of halogens is 1. The maximum Gasteiger partial charge on any atom is 0.236 e. The molecular formula is C11H17FN2O2S. The Morgan fingerprint density at radius 1 is 1.47 bits per heavy atom. The lowest BCUT2D eigenvalue weighted by Crippen LogP contribution is -2.33. The largest absolute Gasteiger partial charge is 0.329 e. The quantitative estimate of drug-likeness (QED) is 0.845. The highest BCUT2D eigenvalue weighted by Gasteiger charge is 2.22. The van der Waals surface area contributed by atoms with E-state index in [2.05, 4.69) is 4.72 Å². The van der Waals surface area contributed by atoms with Crippen molar-refractivity contribution < 1.29 is 12.8 Å². The van der Waals surface area contributed by atoms with Crippen LogP contribution in [0.1, 0.15) is 18.9 Å². The minimum absolute atomic E-state index is 0.0616. The van der Waals surface area contributed by atoms with E-state index < -0.39 is 21.1 Å². The van der Waals surface area contributed by atoms with Gasteiger partial charge in [-0.2, -0.15) is 0 Å². The number of hydrogen-bond donors (Lipinski definition) is 2. The Bertz CT molecular complexity index is 484. The molecule has 0 heterocycles. The number of rotatable bonds is 5. The van der Waals surface area contributed by atoms with Crippen molar-refractivity contribution in [2.75, 3.05) is 11.3 Å². The van der Waals surface area contributed by atoms with Crippen molar-refractivity contribution in [2.24, 2.45) is 5.73 Å². The molecule has 1 aromatic rings. The third-order valence-electron chi connectivity index (χ3n) is 2.60. The maximum absolute atomic E-state index is 12.9. The van der Waals surface area contributed by atoms with E-state index in [1.807, 2.05) is 0 Å². The molecule has 1 unspecified atom stereocenters. The van der Waals surface area contributed by atoms with Crippen LogP contribution in [0.25, 0.3) is 0 Å². The van der Waals surface area contributed by atoms with E-state index in [1.54, 1.807) is 13.8 Å². The summed E-state index contributed by atoms with van der Waals surface area (Å²) in [4.78, 5) is 0. The summed E-state index contributed by atoms with van der Waals surface area (Å²) >= 11 is 0. The summed E-state index contributed by atoms with van der Waals surface area (Å²) in [7, 11) is -3.51. The van der Waals surface area contributed by atoms with Crippen LogP contribution in [0.2, 0.25) is 0 Å². The van der Waals surface area contributed by atoms with Crippen LogP contribution in [0, 0.1) is 12.7 Å². The lowest BCUT2D eigenvalue weighted by molar-refractivity contribution is 0.581. The van der Waals surface area contributed by atoms with Gasteiger partial charge in [0.05, 0.1) is 10.9 Å². The molecule has 3 N–H and O–H groups in total. The lowest BCUT2D eigenvalue weighted by Gasteiger charge is -2.16. The Morgan fingerprint density at radius 2 is 2.12 bits per heavy atom. The first-order valence-electron chi connectivity index (χ1n) is 5.38. The summed E-state index contributed by atoms with van der Waals surface area (Å²) in [5, 5.41) is -0.632. The van der Waals surface area contributed by atoms with Crippen LogP contribution in [0.5, 0.6) is 0 Å². The lowest BCUT2D eigenvalue weighted by atomic mass is 10.2. The van der Waals surface area contributed by atoms with Crippen molar-refractivity contribution in [1.29, 1.82) is 0 Å². The average molecular weight is 260 g/mol. The van der Waals surface area contributed by atoms with E-state index in [9.17, 15) is 12.8 Å². The second kappa shape index (κ2) is 5.46. The van der Waals surface area contributed by atoms with Gasteiger partial charge in [-0.15, -0.1) is 0 Å². The van der Waals surface area contributed by atoms with Gasteiger partial charge in [-0.25, -0.2) is 12.8 Å². The fourth-order valence-electron chi connectivity index (χ4n) is 1.49. The zero-order valence-electron chi connectivity index (χ0n) is 9.90. The molecule has 0 bridgehead atoms. The second-order valence-electron chi connectivity index (χ2n) is 3.87. The van der Waals surface area contributed by atoms with Gasteiger partial charge in [-0.05, 0) is 37.1 Å². The number of anilines is 1. The molecular weight excluding hydrogens is 243 g/mol. The Morgan fingerprint density at radius 3 is 2.59 bits per heavy atom. The van der Waals surface area contributed by atoms with Gasteiger partial charge in [0.2, 0.25) is 10.0 Å². The van der Waals surface area contributed by atoms with E-state index >= 15 is 0 Å². The first kappa shape index (κ1) is 13.9. The minimum Gasteiger partial charge on any atom is -0.329 e. The zero-order valence-corrected chi connectivity index (χ0v) is 10.7. The molecule has 0 amide bonds. The standard InChI is InChI=1S/C11H17FN2O2S/c1-3-10(7-13)17(15,16)14-11-5-4-9(12)6-8(11)2/h4-6,10,14H,3,7,13H2,1-2H3. The van der Waals surface area contributed by atoms with Crippen molar-refractivity contribution in [3.63, 3.8) is 0 Å². The molecule has 1 aromatic carbocycles. The van der Waals surface area contributed by atoms with E-state index in [4.69, 9.17) is 5.73 Å². The number of sulfonamides is 1. The van der Waals surface area contributed by atoms with Crippen molar-refractivity contribution in [2.45, 2.75) is 25.5 Å². The Kier molecular flexibility index (Phi) is 4.47. The van der Waals surface area contributed by atoms with Gasteiger partial charge in [-0.1, -0.05) is 6.92 Å². The molecule has 96 valence electrons. The van der Waals surface area contributed by atoms with Crippen LogP contribution in [-0.2, 0) is 10.0 Å². The van der Waals surface area contributed by atoms with Crippen LogP contribution >= 0.6 is 0 Å². The molecule has 17 heavy (non-hydrogen) atoms. The van der Waals surface area contributed by atoms with Gasteiger partial charge in [0.15, 0.2) is 0 Å². The van der Waals surface area contributed by atoms with Gasteiger partial charge in [0.25, 0.3) is 0 Å². The number of hydrogen-bond acceptors (Lipinski definition) is 3. The van der Waals surface area contributed by atoms with Crippen molar-refractivity contribution in [3.05, 3.63) is 29.6 Å². The van der Waals surface area contributed by atoms with E-state index in [1.165, 1.54) is 18.2 Å². The Balaban J connectivity index is 2.98. The molecule has 0 saturated heterocycles. The third kappa shape index (κ3) is 3.41. The fraction of sp³-hybridized carbons (Fsp3) is 0.455. The molecule has 0 spiro atoms. The molecule has 0 fully saturated rings. The fourth-order valence-corrected chi connectivity index (χ4v) is 2.89. The number of aryl methyl sites for hydroxylation is 1. The van der Waals surface area contributed by atoms with Crippen molar-refractivity contribution >= 4 is 15.7 Å². The first-order chi connectivity index (χ1) is 7.90. The highest BCUT2D eigenvalue weighted by molar-refractivity contribution is 7.93. The molecule has 4 nitrogen and oxygen atoms in total. The van der Waals surface area contributed by atoms with Crippen LogP contribution < -0.4 is 10.5 Å². The molecule has 6 heteroatoms. The first-order valence-corrected chi connectivity index (χ1v) is 6.93. The van der Waals surface area contributed by atoms with Crippen LogP contribution in [-0.4, -0.2) is 20.2 Å². The van der Waals surface area contributed by atoms with E-state index in [-0.39, 0.29) is 6.54 Å². The summed E-state index contributed by atoms with van der Waals surface area (Å²) in [6.45, 7) is 3.46. The molecule has 0 radical (unpaired) electrons. The van der Waals surface area contributed by atoms with Crippen LogP contribution in [0.4, 0.5) is 10.1 Å². The molecule has 1 atom stereocenters. The summed E-state index contributed by atoms with van der Waals surface area (Å²) in [5.41, 5.74) is 6.34. The molecule has 0 aromatic heterocycles. The molecule has 0 aliphatic rings. The summed E-state index contributed by atoms with van der Waals surface area (Å²) in [5.74, 6) is -0.392. The van der Waals surface area contributed by atoms with Gasteiger partial charge in [0, 0.05) is 6.54 Å².